The molecule has 38 heavy (non-hydrogen) atoms. The topological polar surface area (TPSA) is 150 Å². The van der Waals surface area contributed by atoms with Crippen LogP contribution in [0, 0.1) is 11.8 Å². The summed E-state index contributed by atoms with van der Waals surface area (Å²) in [7, 11) is 1.50. The van der Waals surface area contributed by atoms with Crippen molar-refractivity contribution in [2.45, 2.75) is 39.0 Å². The van der Waals surface area contributed by atoms with Crippen molar-refractivity contribution >= 4 is 46.8 Å². The minimum Gasteiger partial charge on any atom is -0.507 e. The zero-order valence-corrected chi connectivity index (χ0v) is 21.8. The van der Waals surface area contributed by atoms with E-state index < -0.39 is 41.3 Å². The lowest BCUT2D eigenvalue weighted by molar-refractivity contribution is -0.149. The van der Waals surface area contributed by atoms with Gasteiger partial charge in [-0.1, -0.05) is 18.5 Å². The average molecular weight is 545 g/mol. The normalized spacial score (nSPS) is 16.5. The van der Waals surface area contributed by atoms with E-state index in [9.17, 15) is 34.2 Å². The Morgan fingerprint density at radius 1 is 1.18 bits per heavy atom. The monoisotopic (exact) mass is 544 g/mol. The fourth-order valence-corrected chi connectivity index (χ4v) is 4.55. The molecule has 11 heteroatoms. The molecule has 0 aromatic heterocycles. The Labute approximate surface area is 224 Å². The molecule has 1 aliphatic rings. The van der Waals surface area contributed by atoms with Gasteiger partial charge in [0.2, 0.25) is 17.7 Å². The molecule has 3 N–H and O–H groups in total. The second-order valence-electron chi connectivity index (χ2n) is 9.09. The fourth-order valence-electron chi connectivity index (χ4n) is 4.36. The van der Waals surface area contributed by atoms with Crippen LogP contribution in [0.2, 0.25) is 5.02 Å². The maximum atomic E-state index is 13.4. The van der Waals surface area contributed by atoms with Crippen LogP contribution in [0.3, 0.4) is 0 Å². The molecule has 0 aliphatic carbocycles. The zero-order valence-electron chi connectivity index (χ0n) is 21.0. The number of carboxylic acids is 1. The molecular weight excluding hydrogens is 516 g/mol. The first-order valence-electron chi connectivity index (χ1n) is 12.1. The van der Waals surface area contributed by atoms with Gasteiger partial charge in [-0.2, -0.15) is 0 Å². The van der Waals surface area contributed by atoms with E-state index >= 15 is 0 Å². The lowest BCUT2D eigenvalue weighted by Gasteiger charge is -2.24. The number of carbonyl (C=O) groups is 5. The zero-order chi connectivity index (χ0) is 28.0. The number of halogens is 1. The Morgan fingerprint density at radius 2 is 1.92 bits per heavy atom. The Bertz CT molecular complexity index is 1260. The number of likely N-dealkylation sites (tertiary alicyclic amines) is 1. The number of carbonyl (C=O) groups excluding carboxylic acids is 4. The van der Waals surface area contributed by atoms with E-state index in [0.717, 1.165) is 17.0 Å². The SMILES string of the molecule is CC[C@@H](CC(=O)N1CC(=O)CCC(Cc2cc(Cl)ccc2OC)C1=O)C(=O)Nc1ccc(O)c(C(=O)O)c1. The first kappa shape index (κ1) is 28.6. The molecule has 1 fully saturated rings. The quantitative estimate of drug-likeness (QED) is 0.404. The molecule has 2 aromatic carbocycles. The highest BCUT2D eigenvalue weighted by Gasteiger charge is 2.35. The number of phenols is 1. The predicted octanol–water partition coefficient (Wildman–Crippen LogP) is 3.68. The number of carboxylic acid groups (broad SMARTS) is 1. The van der Waals surface area contributed by atoms with Crippen LogP contribution in [0.4, 0.5) is 5.69 Å². The third kappa shape index (κ3) is 6.89. The summed E-state index contributed by atoms with van der Waals surface area (Å²) >= 11 is 6.12. The molecule has 3 rings (SSSR count). The second-order valence-corrected chi connectivity index (χ2v) is 9.52. The first-order valence-corrected chi connectivity index (χ1v) is 12.5. The summed E-state index contributed by atoms with van der Waals surface area (Å²) in [6.07, 6.45) is 0.554. The number of ketones is 1. The van der Waals surface area contributed by atoms with Crippen LogP contribution in [-0.2, 0) is 25.6 Å². The van der Waals surface area contributed by atoms with Crippen molar-refractivity contribution in [2.24, 2.45) is 11.8 Å². The van der Waals surface area contributed by atoms with Gasteiger partial charge >= 0.3 is 5.97 Å². The molecule has 10 nitrogen and oxygen atoms in total. The molecule has 2 atom stereocenters. The Balaban J connectivity index is 1.75. The number of hydrogen-bond acceptors (Lipinski definition) is 7. The van der Waals surface area contributed by atoms with Crippen molar-refractivity contribution < 1.29 is 38.9 Å². The van der Waals surface area contributed by atoms with Gasteiger partial charge in [0.1, 0.15) is 17.1 Å². The van der Waals surface area contributed by atoms with Gasteiger partial charge < -0.3 is 20.3 Å². The third-order valence-corrected chi connectivity index (χ3v) is 6.75. The second kappa shape index (κ2) is 12.6. The molecule has 202 valence electrons. The van der Waals surface area contributed by atoms with E-state index in [4.69, 9.17) is 16.3 Å². The van der Waals surface area contributed by atoms with Gasteiger partial charge in [-0.25, -0.2) is 4.79 Å². The predicted molar refractivity (Wildman–Crippen MR) is 138 cm³/mol. The molecule has 1 heterocycles. The summed E-state index contributed by atoms with van der Waals surface area (Å²) in [5.74, 6) is -4.73. The number of amides is 3. The maximum Gasteiger partial charge on any atom is 0.339 e. The lowest BCUT2D eigenvalue weighted by atomic mass is 9.93. The van der Waals surface area contributed by atoms with Gasteiger partial charge in [0.05, 0.1) is 13.7 Å². The van der Waals surface area contributed by atoms with Crippen molar-refractivity contribution in [3.8, 4) is 11.5 Å². The molecule has 1 aliphatic heterocycles. The summed E-state index contributed by atoms with van der Waals surface area (Å²) in [6, 6.07) is 8.61. The number of nitrogens with one attached hydrogen (secondary N) is 1. The van der Waals surface area contributed by atoms with Crippen molar-refractivity contribution in [1.29, 1.82) is 0 Å². The van der Waals surface area contributed by atoms with E-state index in [1.165, 1.54) is 13.2 Å². The van der Waals surface area contributed by atoms with Gasteiger partial charge in [0.25, 0.3) is 0 Å². The Kier molecular flexibility index (Phi) is 9.46. The van der Waals surface area contributed by atoms with Crippen LogP contribution in [0.25, 0.3) is 0 Å². The van der Waals surface area contributed by atoms with Gasteiger partial charge in [0.15, 0.2) is 5.78 Å². The van der Waals surface area contributed by atoms with Crippen LogP contribution < -0.4 is 10.1 Å². The molecule has 0 spiro atoms. The van der Waals surface area contributed by atoms with E-state index in [1.54, 1.807) is 25.1 Å². The number of benzene rings is 2. The van der Waals surface area contributed by atoms with Crippen molar-refractivity contribution in [3.63, 3.8) is 0 Å². The summed E-state index contributed by atoms with van der Waals surface area (Å²) in [5, 5.41) is 21.9. The number of rotatable bonds is 9. The van der Waals surface area contributed by atoms with Crippen LogP contribution >= 0.6 is 11.6 Å². The number of aromatic carboxylic acids is 1. The molecule has 3 amide bonds. The van der Waals surface area contributed by atoms with E-state index in [-0.39, 0.29) is 55.7 Å². The number of nitrogens with zero attached hydrogens (tertiary/aromatic N) is 1. The highest BCUT2D eigenvalue weighted by atomic mass is 35.5. The summed E-state index contributed by atoms with van der Waals surface area (Å²) in [6.45, 7) is 1.33. The van der Waals surface area contributed by atoms with Gasteiger partial charge in [-0.15, -0.1) is 0 Å². The first-order chi connectivity index (χ1) is 18.0. The fraction of sp³-hybridized carbons (Fsp3) is 0.370. The molecule has 1 unspecified atom stereocenters. The number of methoxy groups -OCH3 is 1. The number of ether oxygens (including phenoxy) is 1. The lowest BCUT2D eigenvalue weighted by Crippen LogP contribution is -2.43. The molecule has 0 radical (unpaired) electrons. The molecule has 1 saturated heterocycles. The largest absolute Gasteiger partial charge is 0.507 e. The molecule has 0 bridgehead atoms. The Hall–Kier alpha value is -3.92. The van der Waals surface area contributed by atoms with Crippen LogP contribution in [-0.4, -0.2) is 58.2 Å². The van der Waals surface area contributed by atoms with Crippen molar-refractivity contribution in [1.82, 2.24) is 4.90 Å². The molecule has 0 saturated carbocycles. The van der Waals surface area contributed by atoms with Gasteiger partial charge in [-0.05, 0) is 61.2 Å². The van der Waals surface area contributed by atoms with Gasteiger partial charge in [0, 0.05) is 35.4 Å². The molecular formula is C27H29ClN2O8. The van der Waals surface area contributed by atoms with E-state index in [1.807, 2.05) is 0 Å². The smallest absolute Gasteiger partial charge is 0.339 e. The third-order valence-electron chi connectivity index (χ3n) is 6.51. The minimum atomic E-state index is -1.37. The average Bonchev–Trinajstić information content (AvgIpc) is 3.01. The standard InChI is InChI=1S/C27H29ClN2O8/c1-3-15(25(34)29-19-6-8-22(32)21(13-19)27(36)37)12-24(33)30-14-20(31)7-4-16(26(30)35)10-17-11-18(28)5-9-23(17)38-2/h5-6,8-9,11,13,15-16,32H,3-4,7,10,12,14H2,1-2H3,(H,29,34)(H,36,37)/t15-,16?/m0/s1. The minimum absolute atomic E-state index is 0.132. The maximum absolute atomic E-state index is 13.4. The van der Waals surface area contributed by atoms with Crippen LogP contribution in [0.5, 0.6) is 11.5 Å². The molecule has 2 aromatic rings. The highest BCUT2D eigenvalue weighted by molar-refractivity contribution is 6.30. The van der Waals surface area contributed by atoms with Crippen LogP contribution in [0.15, 0.2) is 36.4 Å². The van der Waals surface area contributed by atoms with Crippen LogP contribution in [0.1, 0.15) is 48.5 Å². The number of imide groups is 1. The van der Waals surface area contributed by atoms with Crippen molar-refractivity contribution in [3.05, 3.63) is 52.5 Å². The van der Waals surface area contributed by atoms with E-state index in [0.29, 0.717) is 16.3 Å². The summed E-state index contributed by atoms with van der Waals surface area (Å²) in [5.41, 5.74) is 0.427. The number of anilines is 1. The van der Waals surface area contributed by atoms with Gasteiger partial charge in [-0.3, -0.25) is 24.1 Å². The summed E-state index contributed by atoms with van der Waals surface area (Å²) in [4.78, 5) is 64.1. The van der Waals surface area contributed by atoms with E-state index in [2.05, 4.69) is 5.32 Å². The Morgan fingerprint density at radius 3 is 2.58 bits per heavy atom. The number of aromatic hydroxyl groups is 1. The van der Waals surface area contributed by atoms with Crippen molar-refractivity contribution in [2.75, 3.05) is 19.0 Å². The summed E-state index contributed by atoms with van der Waals surface area (Å²) < 4.78 is 5.36. The number of Topliss-reactive ketones (excluding diaryl/α,β-unsaturated/α-hetero) is 1. The highest BCUT2D eigenvalue weighted by Crippen LogP contribution is 2.29. The number of hydrogen-bond donors (Lipinski definition) is 3.